The molecule has 354 valence electrons. The van der Waals surface area contributed by atoms with E-state index in [0.29, 0.717) is 30.9 Å². The highest BCUT2D eigenvalue weighted by molar-refractivity contribution is 6.00. The third kappa shape index (κ3) is 12.7. The summed E-state index contributed by atoms with van der Waals surface area (Å²) in [6.45, 7) is 2.77. The zero-order valence-corrected chi connectivity index (χ0v) is 37.5. The zero-order chi connectivity index (χ0) is 48.0. The highest BCUT2D eigenvalue weighted by Gasteiger charge is 2.38. The summed E-state index contributed by atoms with van der Waals surface area (Å²) in [5.41, 5.74) is 13.1. The number of nitrogens with zero attached hydrogens (tertiary/aromatic N) is 4. The topological polar surface area (TPSA) is 163 Å². The van der Waals surface area contributed by atoms with Gasteiger partial charge in [-0.15, -0.1) is 0 Å². The lowest BCUT2D eigenvalue weighted by atomic mass is 10.1. The van der Waals surface area contributed by atoms with E-state index >= 15 is 0 Å². The van der Waals surface area contributed by atoms with E-state index < -0.39 is 24.4 Å². The number of furan rings is 2. The number of nitrogens with one attached hydrogen (secondary N) is 1. The number of hydrogen-bond acceptors (Lipinski definition) is 8. The predicted octanol–water partition coefficient (Wildman–Crippen LogP) is 10.1. The fourth-order valence-corrected chi connectivity index (χ4v) is 8.05. The maximum atomic E-state index is 13.6. The van der Waals surface area contributed by atoms with Crippen LogP contribution in [-0.4, -0.2) is 84.8 Å². The molecule has 0 spiro atoms. The molecule has 2 aromatic heterocycles. The van der Waals surface area contributed by atoms with Crippen LogP contribution in [0.2, 0.25) is 0 Å². The molecule has 2 saturated heterocycles. The molecule has 0 radical (unpaired) electrons. The van der Waals surface area contributed by atoms with E-state index in [1.807, 2.05) is 87.5 Å². The second kappa shape index (κ2) is 22.8. The van der Waals surface area contributed by atoms with E-state index in [1.165, 1.54) is 12.1 Å². The SMILES string of the molecule is NCC(=O)c1ccc(CN(C(=O)N2CCCCC2)c2cccc(-c3ccoc3)c2)cc1.O=C(CNC(=O)C(F)(F)F)c1ccc(CN(C(=O)N2CCCCC2)c2cccc(-c3ccoc3)c2)cc1. The van der Waals surface area contributed by atoms with Crippen molar-refractivity contribution in [2.45, 2.75) is 57.8 Å². The minimum atomic E-state index is -5.05. The van der Waals surface area contributed by atoms with Gasteiger partial charge in [0.25, 0.3) is 0 Å². The molecule has 0 atom stereocenters. The lowest BCUT2D eigenvalue weighted by Crippen LogP contribution is -2.45. The standard InChI is InChI=1S/C27H26F3N3O4.C25H27N3O3/c28-27(29,30)25(35)31-16-24(34)20-9-7-19(8-10-20)17-33(26(36)32-12-2-1-3-13-32)23-6-4-5-21(15-23)22-11-14-37-18-22;26-16-24(29)20-9-7-19(8-10-20)17-28(25(30)27-12-2-1-3-13-27)23-6-4-5-21(15-23)22-11-14-31-18-22/h4-11,14-15,18H,1-3,12-13,16-17H2,(H,31,35);4-11,14-15,18H,1-3,12-13,16-17,26H2. The maximum Gasteiger partial charge on any atom is 0.471 e. The number of benzene rings is 4. The van der Waals surface area contributed by atoms with Crippen LogP contribution in [0.15, 0.2) is 143 Å². The number of amides is 5. The molecule has 68 heavy (non-hydrogen) atoms. The number of nitrogens with two attached hydrogens (primary N) is 1. The van der Waals surface area contributed by atoms with Gasteiger partial charge in [-0.05, 0) is 97.2 Å². The molecule has 4 aromatic carbocycles. The molecule has 3 N–H and O–H groups in total. The number of ketones is 2. The quantitative estimate of drug-likeness (QED) is 0.108. The molecule has 0 unspecified atom stereocenters. The number of piperidine rings is 2. The number of anilines is 2. The molecule has 16 heteroatoms. The minimum Gasteiger partial charge on any atom is -0.472 e. The number of rotatable bonds is 13. The van der Waals surface area contributed by atoms with Crippen molar-refractivity contribution in [3.05, 3.63) is 157 Å². The lowest BCUT2D eigenvalue weighted by Gasteiger charge is -2.33. The maximum absolute atomic E-state index is 13.6. The Balaban J connectivity index is 0.000000204. The Bertz CT molecular complexity index is 2620. The van der Waals surface area contributed by atoms with E-state index in [9.17, 15) is 37.1 Å². The minimum absolute atomic E-state index is 0.00570. The molecule has 13 nitrogen and oxygen atoms in total. The first-order valence-corrected chi connectivity index (χ1v) is 22.6. The van der Waals surface area contributed by atoms with Crippen molar-refractivity contribution < 1.29 is 46.0 Å². The number of hydrogen-bond donors (Lipinski definition) is 2. The average molecular weight is 931 g/mol. The molecule has 2 aliphatic heterocycles. The van der Waals surface area contributed by atoms with Gasteiger partial charge in [0.2, 0.25) is 0 Å². The first kappa shape index (κ1) is 48.5. The summed E-state index contributed by atoms with van der Waals surface area (Å²) in [5, 5.41) is 1.58. The van der Waals surface area contributed by atoms with Crippen LogP contribution >= 0.6 is 0 Å². The van der Waals surface area contributed by atoms with E-state index in [1.54, 1.807) is 59.5 Å². The lowest BCUT2D eigenvalue weighted by molar-refractivity contribution is -0.173. The number of likely N-dealkylation sites (tertiary alicyclic amines) is 2. The number of Topliss-reactive ketones (excluding diaryl/α,β-unsaturated/α-hetero) is 2. The first-order valence-electron chi connectivity index (χ1n) is 22.6. The van der Waals surface area contributed by atoms with Gasteiger partial charge in [-0.3, -0.25) is 24.2 Å². The Morgan fingerprint density at radius 2 is 0.985 bits per heavy atom. The predicted molar refractivity (Wildman–Crippen MR) is 252 cm³/mol. The summed E-state index contributed by atoms with van der Waals surface area (Å²) in [6, 6.07) is 32.7. The Morgan fingerprint density at radius 1 is 0.559 bits per heavy atom. The summed E-state index contributed by atoms with van der Waals surface area (Å²) >= 11 is 0. The molecular weight excluding hydrogens is 878 g/mol. The molecule has 0 saturated carbocycles. The van der Waals surface area contributed by atoms with Gasteiger partial charge in [-0.25, -0.2) is 9.59 Å². The molecule has 2 fully saturated rings. The van der Waals surface area contributed by atoms with Crippen molar-refractivity contribution in [1.29, 1.82) is 0 Å². The number of carbonyl (C=O) groups is 5. The van der Waals surface area contributed by atoms with Crippen LogP contribution in [-0.2, 0) is 17.9 Å². The fraction of sp³-hybridized carbons (Fsp3) is 0.288. The molecule has 6 aromatic rings. The Morgan fingerprint density at radius 3 is 1.37 bits per heavy atom. The van der Waals surface area contributed by atoms with Gasteiger partial charge in [0.1, 0.15) is 0 Å². The van der Waals surface area contributed by atoms with Crippen molar-refractivity contribution >= 4 is 40.9 Å². The van der Waals surface area contributed by atoms with Gasteiger partial charge >= 0.3 is 24.1 Å². The third-order valence-corrected chi connectivity index (χ3v) is 11.8. The number of halogens is 3. The summed E-state index contributed by atoms with van der Waals surface area (Å²) in [7, 11) is 0. The molecule has 4 heterocycles. The zero-order valence-electron chi connectivity index (χ0n) is 37.5. The van der Waals surface area contributed by atoms with Crippen LogP contribution in [0.25, 0.3) is 22.3 Å². The smallest absolute Gasteiger partial charge is 0.471 e. The van der Waals surface area contributed by atoms with Crippen LogP contribution in [0, 0.1) is 0 Å². The molecule has 5 amide bonds. The number of carbonyl (C=O) groups excluding carboxylic acids is 5. The van der Waals surface area contributed by atoms with Crippen LogP contribution in [0.1, 0.15) is 70.4 Å². The number of urea groups is 2. The largest absolute Gasteiger partial charge is 0.472 e. The molecular formula is C52H53F3N6O7. The van der Waals surface area contributed by atoms with Crippen molar-refractivity contribution in [1.82, 2.24) is 15.1 Å². The first-order chi connectivity index (χ1) is 32.9. The Labute approximate surface area is 392 Å². The Hall–Kier alpha value is -7.46. The van der Waals surface area contributed by atoms with Crippen LogP contribution in [0.5, 0.6) is 0 Å². The van der Waals surface area contributed by atoms with Crippen LogP contribution < -0.4 is 20.9 Å². The second-order valence-electron chi connectivity index (χ2n) is 16.6. The van der Waals surface area contributed by atoms with Gasteiger partial charge in [0.15, 0.2) is 11.6 Å². The molecule has 8 rings (SSSR count). The van der Waals surface area contributed by atoms with Crippen molar-refractivity contribution in [2.75, 3.05) is 49.1 Å². The molecule has 0 bridgehead atoms. The van der Waals surface area contributed by atoms with Crippen LogP contribution in [0.4, 0.5) is 34.1 Å². The van der Waals surface area contributed by atoms with E-state index in [4.69, 9.17) is 14.6 Å². The van der Waals surface area contributed by atoms with E-state index in [2.05, 4.69) is 0 Å². The van der Waals surface area contributed by atoms with Gasteiger partial charge in [0, 0.05) is 59.8 Å². The fourth-order valence-electron chi connectivity index (χ4n) is 8.05. The number of alkyl halides is 3. The van der Waals surface area contributed by atoms with E-state index in [-0.39, 0.29) is 36.5 Å². The molecule has 2 aliphatic rings. The normalized spacial score (nSPS) is 13.8. The third-order valence-electron chi connectivity index (χ3n) is 11.8. The van der Waals surface area contributed by atoms with Crippen LogP contribution in [0.3, 0.4) is 0 Å². The highest BCUT2D eigenvalue weighted by atomic mass is 19.4. The highest BCUT2D eigenvalue weighted by Crippen LogP contribution is 2.30. The van der Waals surface area contributed by atoms with Crippen molar-refractivity contribution in [3.8, 4) is 22.3 Å². The van der Waals surface area contributed by atoms with Gasteiger partial charge in [-0.2, -0.15) is 13.2 Å². The van der Waals surface area contributed by atoms with Gasteiger partial charge < -0.3 is 29.7 Å². The van der Waals surface area contributed by atoms with E-state index in [0.717, 1.165) is 90.7 Å². The molecule has 0 aliphatic carbocycles. The summed E-state index contributed by atoms with van der Waals surface area (Å²) < 4.78 is 47.5. The second-order valence-corrected chi connectivity index (χ2v) is 16.6. The van der Waals surface area contributed by atoms with Crippen molar-refractivity contribution in [3.63, 3.8) is 0 Å². The van der Waals surface area contributed by atoms with Gasteiger partial charge in [0.05, 0.1) is 51.2 Å². The summed E-state index contributed by atoms with van der Waals surface area (Å²) in [5.74, 6) is -2.92. The Kier molecular flexibility index (Phi) is 16.3. The summed E-state index contributed by atoms with van der Waals surface area (Å²) in [4.78, 5) is 69.3. The summed E-state index contributed by atoms with van der Waals surface area (Å²) in [6.07, 6.45) is 7.69. The monoisotopic (exact) mass is 930 g/mol. The van der Waals surface area contributed by atoms with Gasteiger partial charge in [-0.1, -0.05) is 72.8 Å². The van der Waals surface area contributed by atoms with Crippen molar-refractivity contribution in [2.24, 2.45) is 5.73 Å². The average Bonchev–Trinajstić information content (AvgIpc) is 4.14.